The molecule has 2 amide bonds. The molecule has 10 heteroatoms. The fourth-order valence-corrected chi connectivity index (χ4v) is 4.07. The molecule has 0 bridgehead atoms. The van der Waals surface area contributed by atoms with Gasteiger partial charge in [-0.25, -0.2) is 18.6 Å². The molecule has 3 aromatic rings. The summed E-state index contributed by atoms with van der Waals surface area (Å²) in [6.07, 6.45) is 2.28. The molecule has 188 valence electrons. The van der Waals surface area contributed by atoms with Gasteiger partial charge in [0.1, 0.15) is 23.9 Å². The third-order valence-electron chi connectivity index (χ3n) is 5.73. The molecule has 0 aliphatic heterocycles. The molecule has 0 spiro atoms. The first-order valence-corrected chi connectivity index (χ1v) is 11.4. The zero-order valence-electron chi connectivity index (χ0n) is 20.2. The van der Waals surface area contributed by atoms with Crippen LogP contribution < -0.4 is 15.4 Å². The van der Waals surface area contributed by atoms with Crippen LogP contribution >= 0.6 is 0 Å². The number of halogens is 2. The Balaban J connectivity index is 1.93. The predicted molar refractivity (Wildman–Crippen MR) is 127 cm³/mol. The van der Waals surface area contributed by atoms with Gasteiger partial charge in [-0.1, -0.05) is 26.3 Å². The van der Waals surface area contributed by atoms with E-state index in [1.807, 2.05) is 13.8 Å². The largest absolute Gasteiger partial charge is 0.485 e. The highest BCUT2D eigenvalue weighted by atomic mass is 19.1. The number of nitrogens with one attached hydrogen (secondary N) is 2. The number of fused-ring (bicyclic) bond motifs is 1. The molecule has 3 rings (SSSR count). The lowest BCUT2D eigenvalue weighted by molar-refractivity contribution is 0.0929. The fourth-order valence-electron chi connectivity index (χ4n) is 4.07. The van der Waals surface area contributed by atoms with Gasteiger partial charge in [0.15, 0.2) is 11.4 Å². The Morgan fingerprint density at radius 1 is 1.23 bits per heavy atom. The number of benzene rings is 1. The van der Waals surface area contributed by atoms with Gasteiger partial charge in [-0.2, -0.15) is 0 Å². The van der Waals surface area contributed by atoms with Crippen LogP contribution in [0.25, 0.3) is 5.65 Å². The minimum atomic E-state index is -1.16. The summed E-state index contributed by atoms with van der Waals surface area (Å²) >= 11 is 0. The van der Waals surface area contributed by atoms with E-state index in [4.69, 9.17) is 4.74 Å². The minimum Gasteiger partial charge on any atom is -0.485 e. The van der Waals surface area contributed by atoms with E-state index >= 15 is 0 Å². The summed E-state index contributed by atoms with van der Waals surface area (Å²) in [7, 11) is 0. The molecule has 0 aliphatic rings. The van der Waals surface area contributed by atoms with Crippen LogP contribution in [0.2, 0.25) is 0 Å². The number of nitrogens with zero attached hydrogens (tertiary/aromatic N) is 2. The maximum Gasteiger partial charge on any atom is 0.405 e. The minimum absolute atomic E-state index is 0.0874. The molecule has 8 nitrogen and oxygen atoms in total. The van der Waals surface area contributed by atoms with Crippen molar-refractivity contribution in [3.63, 3.8) is 0 Å². The number of aromatic nitrogens is 2. The van der Waals surface area contributed by atoms with Crippen LogP contribution in [0.3, 0.4) is 0 Å². The number of amides is 2. The Kier molecular flexibility index (Phi) is 7.93. The van der Waals surface area contributed by atoms with Gasteiger partial charge in [-0.05, 0) is 50.5 Å². The number of hydrogen-bond acceptors (Lipinski definition) is 4. The van der Waals surface area contributed by atoms with E-state index in [2.05, 4.69) is 15.6 Å². The van der Waals surface area contributed by atoms with Crippen molar-refractivity contribution in [3.05, 3.63) is 64.6 Å². The SMILES string of the molecule is CCCC(C)(CNC(=O)c1c(CC)nc2c(OCc3c(F)cccc3F)cc(C)cn12)NC(=O)O. The number of ether oxygens (including phenoxy) is 1. The highest BCUT2D eigenvalue weighted by Gasteiger charge is 2.28. The predicted octanol–water partition coefficient (Wildman–Crippen LogP) is 4.62. The van der Waals surface area contributed by atoms with E-state index in [1.54, 1.807) is 30.5 Å². The molecule has 0 saturated heterocycles. The molecule has 0 fully saturated rings. The van der Waals surface area contributed by atoms with E-state index in [0.29, 0.717) is 29.9 Å². The first kappa shape index (κ1) is 25.9. The Hall–Kier alpha value is -3.69. The summed E-state index contributed by atoms with van der Waals surface area (Å²) in [4.78, 5) is 29.0. The molecule has 3 N–H and O–H groups in total. The molecule has 35 heavy (non-hydrogen) atoms. The summed E-state index contributed by atoms with van der Waals surface area (Å²) in [5.41, 5.74) is 0.861. The third kappa shape index (κ3) is 5.87. The van der Waals surface area contributed by atoms with Crippen LogP contribution in [-0.2, 0) is 13.0 Å². The lowest BCUT2D eigenvalue weighted by Crippen LogP contribution is -2.53. The van der Waals surface area contributed by atoms with Gasteiger partial charge in [0.05, 0.1) is 16.8 Å². The Morgan fingerprint density at radius 3 is 2.51 bits per heavy atom. The summed E-state index contributed by atoms with van der Waals surface area (Å²) in [6, 6.07) is 5.29. The van der Waals surface area contributed by atoms with Crippen molar-refractivity contribution in [2.45, 2.75) is 59.1 Å². The Bertz CT molecular complexity index is 1220. The smallest absolute Gasteiger partial charge is 0.405 e. The van der Waals surface area contributed by atoms with Crippen molar-refractivity contribution in [2.24, 2.45) is 0 Å². The average Bonchev–Trinajstić information content (AvgIpc) is 3.15. The number of hydrogen-bond donors (Lipinski definition) is 3. The van der Waals surface area contributed by atoms with E-state index in [9.17, 15) is 23.5 Å². The monoisotopic (exact) mass is 488 g/mol. The normalized spacial score (nSPS) is 12.9. The van der Waals surface area contributed by atoms with Crippen molar-refractivity contribution >= 4 is 17.6 Å². The highest BCUT2D eigenvalue weighted by Crippen LogP contribution is 2.26. The van der Waals surface area contributed by atoms with E-state index in [1.165, 1.54) is 6.07 Å². The number of carbonyl (C=O) groups is 2. The van der Waals surface area contributed by atoms with E-state index < -0.39 is 29.2 Å². The van der Waals surface area contributed by atoms with Crippen molar-refractivity contribution < 1.29 is 28.2 Å². The van der Waals surface area contributed by atoms with E-state index in [-0.39, 0.29) is 24.5 Å². The van der Waals surface area contributed by atoms with Gasteiger partial charge >= 0.3 is 6.09 Å². The van der Waals surface area contributed by atoms with Crippen molar-refractivity contribution in [2.75, 3.05) is 6.54 Å². The number of aryl methyl sites for hydroxylation is 2. The number of carboxylic acid groups (broad SMARTS) is 1. The van der Waals surface area contributed by atoms with Crippen LogP contribution in [0.4, 0.5) is 13.6 Å². The zero-order chi connectivity index (χ0) is 25.8. The van der Waals surface area contributed by atoms with Crippen LogP contribution in [-0.4, -0.2) is 38.6 Å². The zero-order valence-corrected chi connectivity index (χ0v) is 20.2. The molecule has 0 saturated carbocycles. The first-order chi connectivity index (χ1) is 16.6. The number of rotatable bonds is 10. The van der Waals surface area contributed by atoms with Crippen molar-refractivity contribution in [1.82, 2.24) is 20.0 Å². The van der Waals surface area contributed by atoms with Crippen LogP contribution in [0.5, 0.6) is 5.75 Å². The summed E-state index contributed by atoms with van der Waals surface area (Å²) in [6.45, 7) is 7.07. The second-order valence-electron chi connectivity index (χ2n) is 8.75. The van der Waals surface area contributed by atoms with Gasteiger partial charge in [-0.15, -0.1) is 0 Å². The Morgan fingerprint density at radius 2 is 1.91 bits per heavy atom. The maximum absolute atomic E-state index is 14.1. The quantitative estimate of drug-likeness (QED) is 0.386. The molecule has 0 radical (unpaired) electrons. The van der Waals surface area contributed by atoms with Crippen LogP contribution in [0.1, 0.15) is 60.9 Å². The maximum atomic E-state index is 14.1. The van der Waals surface area contributed by atoms with Gasteiger partial charge in [0.25, 0.3) is 5.91 Å². The Labute approximate surface area is 202 Å². The fraction of sp³-hybridized carbons (Fsp3) is 0.400. The first-order valence-electron chi connectivity index (χ1n) is 11.4. The van der Waals surface area contributed by atoms with Gasteiger partial charge in [-0.3, -0.25) is 9.20 Å². The molecule has 0 aliphatic carbocycles. The van der Waals surface area contributed by atoms with Crippen molar-refractivity contribution in [3.8, 4) is 5.75 Å². The van der Waals surface area contributed by atoms with E-state index in [0.717, 1.165) is 24.1 Å². The standard InChI is InChI=1S/C25H30F2N4O4/c1-5-10-25(4,30-24(33)34)14-28-23(32)21-19(6-2)29-22-20(11-15(3)12-31(21)22)35-13-16-17(26)8-7-9-18(16)27/h7-9,11-12,30H,5-6,10,13-14H2,1-4H3,(H,28,32)(H,33,34). The molecule has 1 aromatic carbocycles. The summed E-state index contributed by atoms with van der Waals surface area (Å²) < 4.78 is 35.5. The molecule has 2 aromatic heterocycles. The third-order valence-corrected chi connectivity index (χ3v) is 5.73. The van der Waals surface area contributed by atoms with Gasteiger partial charge in [0, 0.05) is 12.7 Å². The van der Waals surface area contributed by atoms with Crippen LogP contribution in [0.15, 0.2) is 30.5 Å². The molecular weight excluding hydrogens is 458 g/mol. The second-order valence-corrected chi connectivity index (χ2v) is 8.75. The molecule has 1 unspecified atom stereocenters. The average molecular weight is 489 g/mol. The lowest BCUT2D eigenvalue weighted by atomic mass is 9.96. The lowest BCUT2D eigenvalue weighted by Gasteiger charge is -2.29. The molecular formula is C25H30F2N4O4. The number of imidazole rings is 1. The van der Waals surface area contributed by atoms with Crippen molar-refractivity contribution in [1.29, 1.82) is 0 Å². The second kappa shape index (κ2) is 10.7. The van der Waals surface area contributed by atoms with Gasteiger partial charge < -0.3 is 20.5 Å². The van der Waals surface area contributed by atoms with Crippen LogP contribution in [0, 0.1) is 18.6 Å². The molecule has 1 atom stereocenters. The number of pyridine rings is 1. The molecule has 2 heterocycles. The highest BCUT2D eigenvalue weighted by molar-refractivity contribution is 5.95. The topological polar surface area (TPSA) is 105 Å². The van der Waals surface area contributed by atoms with Gasteiger partial charge in [0.2, 0.25) is 0 Å². The summed E-state index contributed by atoms with van der Waals surface area (Å²) in [5.74, 6) is -1.56. The number of carbonyl (C=O) groups excluding carboxylic acids is 1. The summed E-state index contributed by atoms with van der Waals surface area (Å²) in [5, 5.41) is 14.5.